The zero-order valence-electron chi connectivity index (χ0n) is 13.2. The lowest BCUT2D eigenvalue weighted by Gasteiger charge is -2.16. The summed E-state index contributed by atoms with van der Waals surface area (Å²) in [5, 5.41) is 10.4. The Hall–Kier alpha value is -1.36. The summed E-state index contributed by atoms with van der Waals surface area (Å²) in [6.07, 6.45) is 8.29. The van der Waals surface area contributed by atoms with Gasteiger partial charge in [-0.05, 0) is 26.7 Å². The molecule has 0 bridgehead atoms. The van der Waals surface area contributed by atoms with E-state index in [2.05, 4.69) is 15.8 Å². The van der Waals surface area contributed by atoms with Crippen molar-refractivity contribution in [1.29, 1.82) is 0 Å². The highest BCUT2D eigenvalue weighted by molar-refractivity contribution is 5.78. The van der Waals surface area contributed by atoms with Crippen LogP contribution in [0.25, 0.3) is 0 Å². The van der Waals surface area contributed by atoms with Crippen LogP contribution >= 0.6 is 0 Å². The normalized spacial score (nSPS) is 16.7. The fourth-order valence-electron chi connectivity index (χ4n) is 2.94. The zero-order valence-corrected chi connectivity index (χ0v) is 13.2. The Balaban J connectivity index is 1.63. The first kappa shape index (κ1) is 16.0. The van der Waals surface area contributed by atoms with E-state index in [1.54, 1.807) is 0 Å². The van der Waals surface area contributed by atoms with Crippen molar-refractivity contribution >= 4 is 5.91 Å². The third-order valence-corrected chi connectivity index (χ3v) is 4.25. The molecule has 1 aromatic rings. The number of carbonyl (C=O) groups is 1. The lowest BCUT2D eigenvalue weighted by molar-refractivity contribution is -0.120. The number of nitrogens with one attached hydrogen (secondary N) is 2. The van der Waals surface area contributed by atoms with E-state index in [4.69, 9.17) is 4.52 Å². The van der Waals surface area contributed by atoms with Crippen molar-refractivity contribution in [3.63, 3.8) is 0 Å². The molecule has 0 aliphatic heterocycles. The van der Waals surface area contributed by atoms with E-state index in [-0.39, 0.29) is 5.91 Å². The number of hydrogen-bond donors (Lipinski definition) is 2. The largest absolute Gasteiger partial charge is 0.361 e. The van der Waals surface area contributed by atoms with Crippen LogP contribution in [0, 0.1) is 13.8 Å². The van der Waals surface area contributed by atoms with Crippen LogP contribution in [0.1, 0.15) is 55.5 Å². The molecule has 1 saturated carbocycles. The molecule has 0 atom stereocenters. The van der Waals surface area contributed by atoms with Gasteiger partial charge in [0.25, 0.3) is 0 Å². The van der Waals surface area contributed by atoms with Gasteiger partial charge in [-0.25, -0.2) is 0 Å². The molecule has 2 rings (SSSR count). The number of rotatable bonds is 6. The average molecular weight is 293 g/mol. The zero-order chi connectivity index (χ0) is 15.1. The molecule has 1 aromatic heterocycles. The first-order valence-corrected chi connectivity index (χ1v) is 8.08. The average Bonchev–Trinajstić information content (AvgIpc) is 2.71. The lowest BCUT2D eigenvalue weighted by atomic mass is 10.1. The van der Waals surface area contributed by atoms with Gasteiger partial charge in [0, 0.05) is 24.7 Å². The van der Waals surface area contributed by atoms with E-state index < -0.39 is 0 Å². The SMILES string of the molecule is Cc1noc(C)c1CC(=O)NCCNC1CCCCCC1. The second-order valence-electron chi connectivity index (χ2n) is 5.97. The van der Waals surface area contributed by atoms with Gasteiger partial charge in [-0.2, -0.15) is 0 Å². The standard InChI is InChI=1S/C16H27N3O2/c1-12-15(13(2)21-19-12)11-16(20)18-10-9-17-14-7-5-3-4-6-8-14/h14,17H,3-11H2,1-2H3,(H,18,20). The fourth-order valence-corrected chi connectivity index (χ4v) is 2.94. The van der Waals surface area contributed by atoms with Gasteiger partial charge in [0.1, 0.15) is 5.76 Å². The number of hydrogen-bond acceptors (Lipinski definition) is 4. The van der Waals surface area contributed by atoms with Crippen LogP contribution in [0.15, 0.2) is 4.52 Å². The van der Waals surface area contributed by atoms with E-state index in [0.717, 1.165) is 23.6 Å². The summed E-state index contributed by atoms with van der Waals surface area (Å²) in [7, 11) is 0. The van der Waals surface area contributed by atoms with Gasteiger partial charge in [-0.3, -0.25) is 4.79 Å². The Kier molecular flexibility index (Phi) is 6.23. The predicted octanol–water partition coefficient (Wildman–Crippen LogP) is 2.26. The molecule has 1 amide bonds. The van der Waals surface area contributed by atoms with Crippen molar-refractivity contribution in [1.82, 2.24) is 15.8 Å². The van der Waals surface area contributed by atoms with Crippen molar-refractivity contribution in [3.05, 3.63) is 17.0 Å². The maximum absolute atomic E-state index is 11.9. The predicted molar refractivity (Wildman–Crippen MR) is 82.2 cm³/mol. The van der Waals surface area contributed by atoms with Crippen LogP contribution in [0.3, 0.4) is 0 Å². The van der Waals surface area contributed by atoms with Gasteiger partial charge in [0.05, 0.1) is 12.1 Å². The molecule has 0 aromatic carbocycles. The molecule has 2 N–H and O–H groups in total. The van der Waals surface area contributed by atoms with Gasteiger partial charge >= 0.3 is 0 Å². The monoisotopic (exact) mass is 293 g/mol. The van der Waals surface area contributed by atoms with Gasteiger partial charge in [-0.15, -0.1) is 0 Å². The number of nitrogens with zero attached hydrogens (tertiary/aromatic N) is 1. The summed E-state index contributed by atoms with van der Waals surface area (Å²) in [5.41, 5.74) is 1.71. The van der Waals surface area contributed by atoms with Crippen LogP contribution in [0.4, 0.5) is 0 Å². The minimum atomic E-state index is 0.0343. The smallest absolute Gasteiger partial charge is 0.224 e. The van der Waals surface area contributed by atoms with Crippen molar-refractivity contribution < 1.29 is 9.32 Å². The molecule has 118 valence electrons. The van der Waals surface area contributed by atoms with Gasteiger partial charge in [-0.1, -0.05) is 30.8 Å². The van der Waals surface area contributed by atoms with Gasteiger partial charge in [0.15, 0.2) is 0 Å². The third-order valence-electron chi connectivity index (χ3n) is 4.25. The van der Waals surface area contributed by atoms with Crippen molar-refractivity contribution in [2.75, 3.05) is 13.1 Å². The molecule has 5 heteroatoms. The minimum Gasteiger partial charge on any atom is -0.361 e. The maximum atomic E-state index is 11.9. The Bertz CT molecular complexity index is 429. The molecule has 21 heavy (non-hydrogen) atoms. The Morgan fingerprint density at radius 1 is 1.19 bits per heavy atom. The number of amides is 1. The van der Waals surface area contributed by atoms with Crippen LogP contribution in [-0.4, -0.2) is 30.2 Å². The lowest BCUT2D eigenvalue weighted by Crippen LogP contribution is -2.37. The molecular formula is C16H27N3O2. The third kappa shape index (κ3) is 5.16. The van der Waals surface area contributed by atoms with Crippen LogP contribution in [0.2, 0.25) is 0 Å². The van der Waals surface area contributed by atoms with Crippen LogP contribution < -0.4 is 10.6 Å². The second-order valence-corrected chi connectivity index (χ2v) is 5.97. The molecule has 0 unspecified atom stereocenters. The molecule has 1 aliphatic carbocycles. The topological polar surface area (TPSA) is 67.2 Å². The molecule has 1 aliphatic rings. The quantitative estimate of drug-likeness (QED) is 0.623. The summed E-state index contributed by atoms with van der Waals surface area (Å²) < 4.78 is 5.07. The summed E-state index contributed by atoms with van der Waals surface area (Å²) in [4.78, 5) is 11.9. The molecule has 0 radical (unpaired) electrons. The molecule has 1 heterocycles. The molecular weight excluding hydrogens is 266 g/mol. The molecule has 1 fully saturated rings. The van der Waals surface area contributed by atoms with Crippen molar-refractivity contribution in [2.45, 2.75) is 64.8 Å². The van der Waals surface area contributed by atoms with E-state index in [0.29, 0.717) is 19.0 Å². The Morgan fingerprint density at radius 3 is 2.52 bits per heavy atom. The van der Waals surface area contributed by atoms with E-state index in [1.807, 2.05) is 13.8 Å². The summed E-state index contributed by atoms with van der Waals surface area (Å²) in [6.45, 7) is 5.24. The second kappa shape index (κ2) is 8.17. The highest BCUT2D eigenvalue weighted by Crippen LogP contribution is 2.16. The van der Waals surface area contributed by atoms with Crippen molar-refractivity contribution in [3.8, 4) is 0 Å². The van der Waals surface area contributed by atoms with Gasteiger partial charge < -0.3 is 15.2 Å². The highest BCUT2D eigenvalue weighted by atomic mass is 16.5. The molecule has 0 spiro atoms. The first-order valence-electron chi connectivity index (χ1n) is 8.08. The summed E-state index contributed by atoms with van der Waals surface area (Å²) >= 11 is 0. The fraction of sp³-hybridized carbons (Fsp3) is 0.750. The summed E-state index contributed by atoms with van der Waals surface area (Å²) in [5.74, 6) is 0.770. The highest BCUT2D eigenvalue weighted by Gasteiger charge is 2.14. The van der Waals surface area contributed by atoms with E-state index >= 15 is 0 Å². The number of aromatic nitrogens is 1. The van der Waals surface area contributed by atoms with E-state index in [1.165, 1.54) is 38.5 Å². The minimum absolute atomic E-state index is 0.0343. The van der Waals surface area contributed by atoms with Crippen LogP contribution in [-0.2, 0) is 11.2 Å². The molecule has 5 nitrogen and oxygen atoms in total. The number of aryl methyl sites for hydroxylation is 2. The maximum Gasteiger partial charge on any atom is 0.224 e. The first-order chi connectivity index (χ1) is 10.2. The Morgan fingerprint density at radius 2 is 1.90 bits per heavy atom. The number of carbonyl (C=O) groups excluding carboxylic acids is 1. The van der Waals surface area contributed by atoms with E-state index in [9.17, 15) is 4.79 Å². The van der Waals surface area contributed by atoms with Gasteiger partial charge in [0.2, 0.25) is 5.91 Å². The Labute approximate surface area is 126 Å². The molecule has 0 saturated heterocycles. The van der Waals surface area contributed by atoms with Crippen molar-refractivity contribution in [2.24, 2.45) is 0 Å². The summed E-state index contributed by atoms with van der Waals surface area (Å²) in [6, 6.07) is 0.631. The van der Waals surface area contributed by atoms with Crippen LogP contribution in [0.5, 0.6) is 0 Å².